The Bertz CT molecular complexity index is 1020. The zero-order valence-electron chi connectivity index (χ0n) is 16.1. The van der Waals surface area contributed by atoms with Crippen LogP contribution < -0.4 is 15.4 Å². The number of methoxy groups -OCH3 is 1. The molecule has 7 nitrogen and oxygen atoms in total. The van der Waals surface area contributed by atoms with E-state index in [0.717, 1.165) is 11.3 Å². The molecule has 0 atom stereocenters. The molecule has 0 saturated heterocycles. The highest BCUT2D eigenvalue weighted by molar-refractivity contribution is 6.34. The van der Waals surface area contributed by atoms with Crippen molar-refractivity contribution in [1.82, 2.24) is 15.1 Å². The first-order chi connectivity index (χ1) is 14.0. The van der Waals surface area contributed by atoms with E-state index < -0.39 is 0 Å². The predicted molar refractivity (Wildman–Crippen MR) is 112 cm³/mol. The third-order valence-electron chi connectivity index (χ3n) is 4.33. The van der Waals surface area contributed by atoms with E-state index in [0.29, 0.717) is 29.4 Å². The summed E-state index contributed by atoms with van der Waals surface area (Å²) in [6, 6.07) is 15.9. The first kappa shape index (κ1) is 20.4. The maximum atomic E-state index is 12.4. The number of ether oxygens (including phenoxy) is 1. The number of nitrogens with one attached hydrogen (secondary N) is 2. The third kappa shape index (κ3) is 5.14. The van der Waals surface area contributed by atoms with Crippen LogP contribution in [0.1, 0.15) is 26.4 Å². The van der Waals surface area contributed by atoms with E-state index in [1.165, 1.54) is 10.7 Å². The summed E-state index contributed by atoms with van der Waals surface area (Å²) in [5, 5.41) is 10.1. The van der Waals surface area contributed by atoms with Crippen LogP contribution in [-0.2, 0) is 13.5 Å². The van der Waals surface area contributed by atoms with E-state index >= 15 is 0 Å². The Morgan fingerprint density at radius 2 is 1.83 bits per heavy atom. The first-order valence-corrected chi connectivity index (χ1v) is 9.37. The van der Waals surface area contributed by atoms with Gasteiger partial charge in [-0.1, -0.05) is 35.9 Å². The highest BCUT2D eigenvalue weighted by Crippen LogP contribution is 2.17. The average molecular weight is 413 g/mol. The molecule has 0 aliphatic carbocycles. The maximum Gasteiger partial charge on any atom is 0.271 e. The van der Waals surface area contributed by atoms with Crippen LogP contribution in [0.3, 0.4) is 0 Å². The van der Waals surface area contributed by atoms with E-state index in [9.17, 15) is 9.59 Å². The zero-order valence-corrected chi connectivity index (χ0v) is 16.9. The van der Waals surface area contributed by atoms with Gasteiger partial charge in [0.25, 0.3) is 11.8 Å². The fourth-order valence-electron chi connectivity index (χ4n) is 2.73. The van der Waals surface area contributed by atoms with Crippen LogP contribution in [0.4, 0.5) is 5.82 Å². The Hall–Kier alpha value is -3.32. The van der Waals surface area contributed by atoms with E-state index in [1.54, 1.807) is 38.4 Å². The van der Waals surface area contributed by atoms with Gasteiger partial charge in [0, 0.05) is 19.7 Å². The van der Waals surface area contributed by atoms with Crippen molar-refractivity contribution in [2.45, 2.75) is 6.42 Å². The number of carbonyl (C=O) groups is 2. The van der Waals surface area contributed by atoms with Gasteiger partial charge < -0.3 is 15.4 Å². The summed E-state index contributed by atoms with van der Waals surface area (Å²) in [5.74, 6) is 0.505. The molecule has 0 unspecified atom stereocenters. The summed E-state index contributed by atoms with van der Waals surface area (Å²) in [7, 11) is 3.27. The standard InChI is InChI=1S/C21H21ClN4O3/c1-26-19(24-20(27)16-5-3-4-6-17(16)22)13-18(25-26)21(28)23-12-11-14-7-9-15(29-2)10-8-14/h3-10,13H,11-12H2,1-2H3,(H,23,28)(H,24,27). The lowest BCUT2D eigenvalue weighted by atomic mass is 10.1. The smallest absolute Gasteiger partial charge is 0.271 e. The van der Waals surface area contributed by atoms with Crippen LogP contribution in [0.15, 0.2) is 54.6 Å². The molecular weight excluding hydrogens is 392 g/mol. The number of benzene rings is 2. The zero-order chi connectivity index (χ0) is 20.8. The maximum absolute atomic E-state index is 12.4. The molecule has 1 aromatic heterocycles. The predicted octanol–water partition coefficient (Wildman–Crippen LogP) is 3.31. The highest BCUT2D eigenvalue weighted by Gasteiger charge is 2.16. The summed E-state index contributed by atoms with van der Waals surface area (Å²) in [4.78, 5) is 24.8. The molecule has 0 fully saturated rings. The molecule has 2 amide bonds. The number of hydrogen-bond donors (Lipinski definition) is 2. The SMILES string of the molecule is COc1ccc(CCNC(=O)c2cc(NC(=O)c3ccccc3Cl)n(C)n2)cc1. The Morgan fingerprint density at radius 1 is 1.10 bits per heavy atom. The fourth-order valence-corrected chi connectivity index (χ4v) is 2.95. The molecule has 0 aliphatic rings. The molecule has 8 heteroatoms. The third-order valence-corrected chi connectivity index (χ3v) is 4.66. The van der Waals surface area contributed by atoms with E-state index in [4.69, 9.17) is 16.3 Å². The summed E-state index contributed by atoms with van der Waals surface area (Å²) >= 11 is 6.05. The number of aromatic nitrogens is 2. The molecular formula is C21H21ClN4O3. The van der Waals surface area contributed by atoms with Crippen molar-refractivity contribution in [3.63, 3.8) is 0 Å². The van der Waals surface area contributed by atoms with Crippen LogP contribution >= 0.6 is 11.6 Å². The second kappa shape index (κ2) is 9.25. The lowest BCUT2D eigenvalue weighted by Crippen LogP contribution is -2.26. The monoisotopic (exact) mass is 412 g/mol. The van der Waals surface area contributed by atoms with Gasteiger partial charge in [0.2, 0.25) is 0 Å². The Labute approximate surface area is 173 Å². The molecule has 1 heterocycles. The van der Waals surface area contributed by atoms with Gasteiger partial charge in [-0.05, 0) is 36.2 Å². The molecule has 3 aromatic rings. The quantitative estimate of drug-likeness (QED) is 0.623. The van der Waals surface area contributed by atoms with E-state index in [1.807, 2.05) is 24.3 Å². The lowest BCUT2D eigenvalue weighted by molar-refractivity contribution is 0.0947. The van der Waals surface area contributed by atoms with Crippen molar-refractivity contribution in [3.05, 3.63) is 76.4 Å². The van der Waals surface area contributed by atoms with Gasteiger partial charge in [-0.15, -0.1) is 0 Å². The van der Waals surface area contributed by atoms with Crippen LogP contribution in [0.25, 0.3) is 0 Å². The first-order valence-electron chi connectivity index (χ1n) is 8.99. The second-order valence-electron chi connectivity index (χ2n) is 6.33. The van der Waals surface area contributed by atoms with Crippen LogP contribution in [0.5, 0.6) is 5.75 Å². The van der Waals surface area contributed by atoms with Gasteiger partial charge in [0.05, 0.1) is 17.7 Å². The minimum Gasteiger partial charge on any atom is -0.497 e. The molecule has 0 radical (unpaired) electrons. The number of halogens is 1. The summed E-state index contributed by atoms with van der Waals surface area (Å²) in [5.41, 5.74) is 1.65. The van der Waals surface area contributed by atoms with E-state index in [2.05, 4.69) is 15.7 Å². The number of carbonyl (C=O) groups excluding carboxylic acids is 2. The lowest BCUT2D eigenvalue weighted by Gasteiger charge is -2.06. The number of aryl methyl sites for hydroxylation is 1. The van der Waals surface area contributed by atoms with Gasteiger partial charge in [-0.2, -0.15) is 5.10 Å². The van der Waals surface area contributed by atoms with Crippen molar-refractivity contribution in [2.24, 2.45) is 7.05 Å². The Balaban J connectivity index is 1.58. The minimum atomic E-state index is -0.370. The minimum absolute atomic E-state index is 0.219. The molecule has 2 N–H and O–H groups in total. The number of rotatable bonds is 7. The molecule has 0 saturated carbocycles. The van der Waals surface area contributed by atoms with Crippen molar-refractivity contribution < 1.29 is 14.3 Å². The molecule has 2 aromatic carbocycles. The van der Waals surface area contributed by atoms with Gasteiger partial charge >= 0.3 is 0 Å². The summed E-state index contributed by atoms with van der Waals surface area (Å²) in [6.07, 6.45) is 0.679. The van der Waals surface area contributed by atoms with Crippen LogP contribution in [0.2, 0.25) is 5.02 Å². The van der Waals surface area contributed by atoms with Gasteiger partial charge in [-0.3, -0.25) is 14.3 Å². The van der Waals surface area contributed by atoms with Crippen molar-refractivity contribution >= 4 is 29.2 Å². The number of amides is 2. The molecule has 29 heavy (non-hydrogen) atoms. The molecule has 0 aliphatic heterocycles. The Kier molecular flexibility index (Phi) is 6.51. The topological polar surface area (TPSA) is 85.3 Å². The molecule has 3 rings (SSSR count). The summed E-state index contributed by atoms with van der Waals surface area (Å²) in [6.45, 7) is 0.461. The number of anilines is 1. The van der Waals surface area contributed by atoms with Crippen molar-refractivity contribution in [3.8, 4) is 5.75 Å². The highest BCUT2D eigenvalue weighted by atomic mass is 35.5. The normalized spacial score (nSPS) is 10.4. The largest absolute Gasteiger partial charge is 0.497 e. The number of hydrogen-bond acceptors (Lipinski definition) is 4. The van der Waals surface area contributed by atoms with E-state index in [-0.39, 0.29) is 17.5 Å². The molecule has 150 valence electrons. The average Bonchev–Trinajstić information content (AvgIpc) is 3.09. The summed E-state index contributed by atoms with van der Waals surface area (Å²) < 4.78 is 6.57. The van der Waals surface area contributed by atoms with Gasteiger partial charge in [-0.25, -0.2) is 0 Å². The van der Waals surface area contributed by atoms with Crippen LogP contribution in [0, 0.1) is 0 Å². The Morgan fingerprint density at radius 3 is 2.52 bits per heavy atom. The van der Waals surface area contributed by atoms with Crippen molar-refractivity contribution in [2.75, 3.05) is 19.0 Å². The molecule has 0 spiro atoms. The second-order valence-corrected chi connectivity index (χ2v) is 6.73. The molecule has 0 bridgehead atoms. The fraction of sp³-hybridized carbons (Fsp3) is 0.190. The number of nitrogens with zero attached hydrogens (tertiary/aromatic N) is 2. The van der Waals surface area contributed by atoms with Crippen molar-refractivity contribution in [1.29, 1.82) is 0 Å². The van der Waals surface area contributed by atoms with Crippen LogP contribution in [-0.4, -0.2) is 35.2 Å². The van der Waals surface area contributed by atoms with Gasteiger partial charge in [0.15, 0.2) is 5.69 Å². The van der Waals surface area contributed by atoms with Gasteiger partial charge in [0.1, 0.15) is 11.6 Å².